The van der Waals surface area contributed by atoms with E-state index in [1.165, 1.54) is 0 Å². The molecule has 5 nitrogen and oxygen atoms in total. The van der Waals surface area contributed by atoms with E-state index < -0.39 is 6.04 Å². The number of nitrogens with one attached hydrogen (secondary N) is 2. The summed E-state index contributed by atoms with van der Waals surface area (Å²) in [7, 11) is 0. The molecule has 5 heteroatoms. The van der Waals surface area contributed by atoms with E-state index in [0.717, 1.165) is 16.5 Å². The number of rotatable bonds is 2. The Labute approximate surface area is 110 Å². The van der Waals surface area contributed by atoms with Crippen LogP contribution in [0.15, 0.2) is 41.5 Å². The molecule has 0 saturated carbocycles. The summed E-state index contributed by atoms with van der Waals surface area (Å²) in [5.74, 6) is 0.441. The van der Waals surface area contributed by atoms with E-state index in [9.17, 15) is 4.79 Å². The lowest BCUT2D eigenvalue weighted by Crippen LogP contribution is -2.25. The Balaban J connectivity index is 2.06. The second-order valence-electron chi connectivity index (χ2n) is 4.31. The minimum atomic E-state index is -0.427. The SMILES string of the molecule is CCN=C1NC(=O)C(c2cccc3cccnc23)N1. The number of carbonyl (C=O) groups excluding carboxylic acids is 1. The molecule has 2 aromatic rings. The number of guanidine groups is 1. The first kappa shape index (κ1) is 11.6. The van der Waals surface area contributed by atoms with E-state index >= 15 is 0 Å². The van der Waals surface area contributed by atoms with Gasteiger partial charge in [-0.15, -0.1) is 0 Å². The number of fused-ring (bicyclic) bond motifs is 1. The van der Waals surface area contributed by atoms with Gasteiger partial charge in [0, 0.05) is 23.7 Å². The van der Waals surface area contributed by atoms with Crippen molar-refractivity contribution in [1.29, 1.82) is 0 Å². The number of pyridine rings is 1. The molecule has 0 aliphatic carbocycles. The van der Waals surface area contributed by atoms with Gasteiger partial charge in [0.1, 0.15) is 6.04 Å². The van der Waals surface area contributed by atoms with Gasteiger partial charge in [-0.2, -0.15) is 0 Å². The molecule has 2 N–H and O–H groups in total. The lowest BCUT2D eigenvalue weighted by Gasteiger charge is -2.10. The molecule has 0 radical (unpaired) electrons. The molecule has 1 aliphatic heterocycles. The van der Waals surface area contributed by atoms with Crippen LogP contribution in [0.5, 0.6) is 0 Å². The average molecular weight is 254 g/mol. The molecular weight excluding hydrogens is 240 g/mol. The van der Waals surface area contributed by atoms with Gasteiger partial charge >= 0.3 is 0 Å². The Bertz CT molecular complexity index is 660. The van der Waals surface area contributed by atoms with Crippen LogP contribution in [-0.2, 0) is 4.79 Å². The molecule has 1 saturated heterocycles. The van der Waals surface area contributed by atoms with E-state index in [4.69, 9.17) is 0 Å². The molecule has 1 aliphatic rings. The fraction of sp³-hybridized carbons (Fsp3) is 0.214. The maximum Gasteiger partial charge on any atom is 0.253 e. The van der Waals surface area contributed by atoms with Crippen molar-refractivity contribution in [3.05, 3.63) is 42.1 Å². The zero-order chi connectivity index (χ0) is 13.2. The Morgan fingerprint density at radius 1 is 1.32 bits per heavy atom. The summed E-state index contributed by atoms with van der Waals surface area (Å²) in [6, 6.07) is 9.28. The van der Waals surface area contributed by atoms with Crippen molar-refractivity contribution >= 4 is 22.8 Å². The van der Waals surface area contributed by atoms with Crippen LogP contribution < -0.4 is 10.6 Å². The fourth-order valence-electron chi connectivity index (χ4n) is 2.25. The number of hydrogen-bond acceptors (Lipinski definition) is 3. The molecule has 1 aromatic heterocycles. The monoisotopic (exact) mass is 254 g/mol. The summed E-state index contributed by atoms with van der Waals surface area (Å²) < 4.78 is 0. The van der Waals surface area contributed by atoms with Crippen LogP contribution >= 0.6 is 0 Å². The summed E-state index contributed by atoms with van der Waals surface area (Å²) in [5.41, 5.74) is 1.72. The number of hydrogen-bond donors (Lipinski definition) is 2. The summed E-state index contributed by atoms with van der Waals surface area (Å²) in [6.45, 7) is 2.55. The van der Waals surface area contributed by atoms with E-state index in [0.29, 0.717) is 12.5 Å². The molecule has 2 heterocycles. The summed E-state index contributed by atoms with van der Waals surface area (Å²) in [5, 5.41) is 6.86. The highest BCUT2D eigenvalue weighted by molar-refractivity contribution is 6.08. The van der Waals surface area contributed by atoms with Crippen molar-refractivity contribution in [3.63, 3.8) is 0 Å². The van der Waals surface area contributed by atoms with Gasteiger partial charge in [-0.05, 0) is 13.0 Å². The van der Waals surface area contributed by atoms with Gasteiger partial charge in [0.15, 0.2) is 5.96 Å². The van der Waals surface area contributed by atoms with Gasteiger partial charge in [0.05, 0.1) is 5.52 Å². The number of aliphatic imine (C=N–C) groups is 1. The summed E-state index contributed by atoms with van der Waals surface area (Å²) in [6.07, 6.45) is 1.74. The number of carbonyl (C=O) groups is 1. The molecule has 1 fully saturated rings. The van der Waals surface area contributed by atoms with Crippen molar-refractivity contribution < 1.29 is 4.79 Å². The first-order valence-electron chi connectivity index (χ1n) is 6.25. The van der Waals surface area contributed by atoms with Crippen molar-refractivity contribution in [2.45, 2.75) is 13.0 Å². The van der Waals surface area contributed by atoms with Crippen LogP contribution in [-0.4, -0.2) is 23.4 Å². The quantitative estimate of drug-likeness (QED) is 0.850. The molecule has 19 heavy (non-hydrogen) atoms. The second kappa shape index (κ2) is 4.68. The maximum absolute atomic E-state index is 12.0. The largest absolute Gasteiger partial charge is 0.340 e. The van der Waals surface area contributed by atoms with E-state index in [1.807, 2.05) is 37.3 Å². The van der Waals surface area contributed by atoms with Gasteiger partial charge in [0.25, 0.3) is 5.91 Å². The third kappa shape index (κ3) is 2.03. The fourth-order valence-corrected chi connectivity index (χ4v) is 2.25. The predicted octanol–water partition coefficient (Wildman–Crippen LogP) is 1.37. The standard InChI is InChI=1S/C14H14N4O/c1-2-15-14-17-12(13(19)18-14)10-7-3-5-9-6-4-8-16-11(9)10/h3-8,12H,2H2,1H3,(H2,15,17,18,19). The Morgan fingerprint density at radius 2 is 2.16 bits per heavy atom. The topological polar surface area (TPSA) is 66.4 Å². The van der Waals surface area contributed by atoms with E-state index in [-0.39, 0.29) is 5.91 Å². The highest BCUT2D eigenvalue weighted by atomic mass is 16.2. The average Bonchev–Trinajstić information content (AvgIpc) is 2.79. The number of amides is 1. The van der Waals surface area contributed by atoms with Crippen LogP contribution in [0, 0.1) is 0 Å². The Kier molecular flexibility index (Phi) is 2.87. The van der Waals surface area contributed by atoms with E-state index in [2.05, 4.69) is 20.6 Å². The van der Waals surface area contributed by atoms with Gasteiger partial charge in [-0.25, -0.2) is 0 Å². The molecule has 3 rings (SSSR count). The lowest BCUT2D eigenvalue weighted by atomic mass is 10.0. The van der Waals surface area contributed by atoms with Crippen LogP contribution in [0.2, 0.25) is 0 Å². The maximum atomic E-state index is 12.0. The first-order valence-corrected chi connectivity index (χ1v) is 6.25. The molecule has 1 atom stereocenters. The van der Waals surface area contributed by atoms with Crippen molar-refractivity contribution in [2.24, 2.45) is 4.99 Å². The molecule has 1 unspecified atom stereocenters. The minimum Gasteiger partial charge on any atom is -0.340 e. The second-order valence-corrected chi connectivity index (χ2v) is 4.31. The van der Waals surface area contributed by atoms with Crippen LogP contribution in [0.1, 0.15) is 18.5 Å². The molecule has 1 amide bonds. The van der Waals surface area contributed by atoms with Crippen molar-refractivity contribution in [3.8, 4) is 0 Å². The van der Waals surface area contributed by atoms with Crippen molar-refractivity contribution in [1.82, 2.24) is 15.6 Å². The highest BCUT2D eigenvalue weighted by Gasteiger charge is 2.30. The third-order valence-corrected chi connectivity index (χ3v) is 3.08. The van der Waals surface area contributed by atoms with Crippen LogP contribution in [0.4, 0.5) is 0 Å². The smallest absolute Gasteiger partial charge is 0.253 e. The first-order chi connectivity index (χ1) is 9.29. The summed E-state index contributed by atoms with van der Waals surface area (Å²) >= 11 is 0. The van der Waals surface area contributed by atoms with Crippen LogP contribution in [0.25, 0.3) is 10.9 Å². The molecule has 1 aromatic carbocycles. The molecule has 0 bridgehead atoms. The van der Waals surface area contributed by atoms with Gasteiger partial charge in [-0.1, -0.05) is 24.3 Å². The Hall–Kier alpha value is -2.43. The number of para-hydroxylation sites is 1. The molecular formula is C14H14N4O. The Morgan fingerprint density at radius 3 is 3.00 bits per heavy atom. The summed E-state index contributed by atoms with van der Waals surface area (Å²) in [4.78, 5) is 20.6. The minimum absolute atomic E-state index is 0.0923. The number of benzene rings is 1. The molecule has 96 valence electrons. The van der Waals surface area contributed by atoms with Gasteiger partial charge in [-0.3, -0.25) is 20.1 Å². The molecule has 0 spiro atoms. The number of nitrogens with zero attached hydrogens (tertiary/aromatic N) is 2. The van der Waals surface area contributed by atoms with Crippen molar-refractivity contribution in [2.75, 3.05) is 6.54 Å². The van der Waals surface area contributed by atoms with Gasteiger partial charge < -0.3 is 5.32 Å². The lowest BCUT2D eigenvalue weighted by molar-refractivity contribution is -0.120. The zero-order valence-electron chi connectivity index (χ0n) is 10.6. The normalized spacial score (nSPS) is 20.6. The van der Waals surface area contributed by atoms with Gasteiger partial charge in [0.2, 0.25) is 0 Å². The van der Waals surface area contributed by atoms with E-state index in [1.54, 1.807) is 6.20 Å². The predicted molar refractivity (Wildman–Crippen MR) is 73.7 cm³/mol. The third-order valence-electron chi connectivity index (χ3n) is 3.08. The van der Waals surface area contributed by atoms with Crippen LogP contribution in [0.3, 0.4) is 0 Å². The zero-order valence-corrected chi connectivity index (χ0v) is 10.6. The highest BCUT2D eigenvalue weighted by Crippen LogP contribution is 2.24. The number of aromatic nitrogens is 1.